The fourth-order valence-electron chi connectivity index (χ4n) is 2.94. The lowest BCUT2D eigenvalue weighted by molar-refractivity contribution is -0.121. The molecule has 2 aromatic heterocycles. The monoisotopic (exact) mass is 365 g/mol. The number of nitrogens with zero attached hydrogens (tertiary/aromatic N) is 4. The lowest BCUT2D eigenvalue weighted by Crippen LogP contribution is -2.35. The average Bonchev–Trinajstić information content (AvgIpc) is 2.96. The van der Waals surface area contributed by atoms with E-state index in [0.717, 1.165) is 23.4 Å². The summed E-state index contributed by atoms with van der Waals surface area (Å²) in [5.74, 6) is 0.116. The van der Waals surface area contributed by atoms with Crippen molar-refractivity contribution in [2.75, 3.05) is 6.54 Å². The number of aromatic nitrogens is 4. The van der Waals surface area contributed by atoms with Gasteiger partial charge in [-0.1, -0.05) is 30.3 Å². The van der Waals surface area contributed by atoms with E-state index in [1.807, 2.05) is 50.2 Å². The molecular formula is C20H23N5O2. The molecule has 0 saturated heterocycles. The third-order valence-electron chi connectivity index (χ3n) is 4.20. The van der Waals surface area contributed by atoms with Crippen LogP contribution >= 0.6 is 0 Å². The maximum absolute atomic E-state index is 12.5. The van der Waals surface area contributed by atoms with Crippen molar-refractivity contribution in [2.24, 2.45) is 0 Å². The van der Waals surface area contributed by atoms with Gasteiger partial charge in [-0.05, 0) is 38.8 Å². The zero-order chi connectivity index (χ0) is 19.4. The molecule has 0 aliphatic rings. The van der Waals surface area contributed by atoms with Gasteiger partial charge < -0.3 is 5.32 Å². The summed E-state index contributed by atoms with van der Waals surface area (Å²) >= 11 is 0. The molecule has 3 rings (SSSR count). The summed E-state index contributed by atoms with van der Waals surface area (Å²) in [6.07, 6.45) is 0.734. The smallest absolute Gasteiger partial charge is 0.255 e. The molecule has 1 N–H and O–H groups in total. The Bertz CT molecular complexity index is 1000. The first-order valence-electron chi connectivity index (χ1n) is 8.87. The maximum Gasteiger partial charge on any atom is 0.255 e. The Kier molecular flexibility index (Phi) is 5.49. The average molecular weight is 365 g/mol. The number of hydrogen-bond acceptors (Lipinski definition) is 4. The first-order valence-corrected chi connectivity index (χ1v) is 8.87. The highest BCUT2D eigenvalue weighted by atomic mass is 16.2. The van der Waals surface area contributed by atoms with Crippen LogP contribution in [0.4, 0.5) is 0 Å². The van der Waals surface area contributed by atoms with Crippen molar-refractivity contribution in [1.29, 1.82) is 0 Å². The van der Waals surface area contributed by atoms with Crippen molar-refractivity contribution >= 4 is 5.91 Å². The largest absolute Gasteiger partial charge is 0.354 e. The van der Waals surface area contributed by atoms with Gasteiger partial charge in [-0.2, -0.15) is 5.10 Å². The van der Waals surface area contributed by atoms with E-state index < -0.39 is 0 Å². The van der Waals surface area contributed by atoms with Crippen molar-refractivity contribution in [2.45, 2.75) is 33.7 Å². The summed E-state index contributed by atoms with van der Waals surface area (Å²) < 4.78 is 2.95. The van der Waals surface area contributed by atoms with Crippen LogP contribution in [0.25, 0.3) is 5.95 Å². The number of benzene rings is 1. The quantitative estimate of drug-likeness (QED) is 0.721. The first kappa shape index (κ1) is 18.6. The third kappa shape index (κ3) is 4.49. The summed E-state index contributed by atoms with van der Waals surface area (Å²) in [7, 11) is 0. The molecule has 2 heterocycles. The summed E-state index contributed by atoms with van der Waals surface area (Å²) in [6, 6.07) is 13.2. The van der Waals surface area contributed by atoms with Gasteiger partial charge in [0.25, 0.3) is 5.56 Å². The van der Waals surface area contributed by atoms with Crippen LogP contribution in [0.1, 0.15) is 22.6 Å². The SMILES string of the molecule is Cc1cc(=O)n(CC(=O)NCCc2ccccc2)c(-n2nc(C)cc2C)n1. The Morgan fingerprint density at radius 2 is 1.81 bits per heavy atom. The predicted molar refractivity (Wildman–Crippen MR) is 103 cm³/mol. The Balaban J connectivity index is 1.77. The second kappa shape index (κ2) is 7.99. The molecule has 0 unspecified atom stereocenters. The number of amides is 1. The van der Waals surface area contributed by atoms with E-state index >= 15 is 0 Å². The van der Waals surface area contributed by atoms with Gasteiger partial charge in [0, 0.05) is 24.0 Å². The molecule has 1 amide bonds. The minimum absolute atomic E-state index is 0.103. The summed E-state index contributed by atoms with van der Waals surface area (Å²) in [5.41, 5.74) is 3.13. The fraction of sp³-hybridized carbons (Fsp3) is 0.300. The van der Waals surface area contributed by atoms with Crippen LogP contribution in [-0.2, 0) is 17.8 Å². The number of carbonyl (C=O) groups is 1. The molecular weight excluding hydrogens is 342 g/mol. The van der Waals surface area contributed by atoms with Gasteiger partial charge >= 0.3 is 0 Å². The normalized spacial score (nSPS) is 10.8. The molecule has 3 aromatic rings. The minimum atomic E-state index is -0.275. The van der Waals surface area contributed by atoms with Crippen molar-refractivity contribution < 1.29 is 4.79 Å². The zero-order valence-corrected chi connectivity index (χ0v) is 15.8. The van der Waals surface area contributed by atoms with Crippen LogP contribution in [0.15, 0.2) is 47.3 Å². The van der Waals surface area contributed by atoms with Gasteiger partial charge in [-0.15, -0.1) is 0 Å². The van der Waals surface area contributed by atoms with Gasteiger partial charge in [0.2, 0.25) is 11.9 Å². The van der Waals surface area contributed by atoms with E-state index in [2.05, 4.69) is 15.4 Å². The van der Waals surface area contributed by atoms with E-state index in [0.29, 0.717) is 18.2 Å². The van der Waals surface area contributed by atoms with Crippen LogP contribution in [0.2, 0.25) is 0 Å². The molecule has 0 aliphatic carbocycles. The summed E-state index contributed by atoms with van der Waals surface area (Å²) in [4.78, 5) is 29.3. The number of nitrogens with one attached hydrogen (secondary N) is 1. The molecule has 0 spiro atoms. The second-order valence-electron chi connectivity index (χ2n) is 6.55. The number of aryl methyl sites for hydroxylation is 3. The molecule has 1 aromatic carbocycles. The van der Waals surface area contributed by atoms with Gasteiger partial charge in [0.15, 0.2) is 0 Å². The molecule has 0 atom stereocenters. The number of hydrogen-bond donors (Lipinski definition) is 1. The van der Waals surface area contributed by atoms with Gasteiger partial charge in [0.1, 0.15) is 6.54 Å². The van der Waals surface area contributed by atoms with Gasteiger partial charge in [0.05, 0.1) is 5.69 Å². The van der Waals surface area contributed by atoms with Crippen LogP contribution in [0.3, 0.4) is 0 Å². The Labute approximate surface area is 157 Å². The molecule has 0 aliphatic heterocycles. The van der Waals surface area contributed by atoms with E-state index in [-0.39, 0.29) is 18.0 Å². The second-order valence-corrected chi connectivity index (χ2v) is 6.55. The lowest BCUT2D eigenvalue weighted by atomic mass is 10.1. The molecule has 0 fully saturated rings. The number of carbonyl (C=O) groups excluding carboxylic acids is 1. The Morgan fingerprint density at radius 1 is 1.07 bits per heavy atom. The topological polar surface area (TPSA) is 81.8 Å². The van der Waals surface area contributed by atoms with E-state index in [9.17, 15) is 9.59 Å². The standard InChI is InChI=1S/C20H23N5O2/c1-14-12-19(27)24(20(22-14)25-16(3)11-15(2)23-25)13-18(26)21-10-9-17-7-5-4-6-8-17/h4-8,11-12H,9-10,13H2,1-3H3,(H,21,26). The van der Waals surface area contributed by atoms with E-state index in [1.165, 1.54) is 10.6 Å². The number of rotatable bonds is 6. The molecule has 27 heavy (non-hydrogen) atoms. The highest BCUT2D eigenvalue weighted by Gasteiger charge is 2.15. The summed E-state index contributed by atoms with van der Waals surface area (Å²) in [6.45, 7) is 5.92. The van der Waals surface area contributed by atoms with E-state index in [1.54, 1.807) is 11.6 Å². The van der Waals surface area contributed by atoms with Gasteiger partial charge in [-0.25, -0.2) is 9.67 Å². The van der Waals surface area contributed by atoms with Crippen molar-refractivity contribution in [3.05, 3.63) is 75.5 Å². The van der Waals surface area contributed by atoms with Crippen molar-refractivity contribution in [3.8, 4) is 5.95 Å². The minimum Gasteiger partial charge on any atom is -0.354 e. The third-order valence-corrected chi connectivity index (χ3v) is 4.20. The van der Waals surface area contributed by atoms with Crippen molar-refractivity contribution in [3.63, 3.8) is 0 Å². The molecule has 0 radical (unpaired) electrons. The van der Waals surface area contributed by atoms with E-state index in [4.69, 9.17) is 0 Å². The van der Waals surface area contributed by atoms with Crippen LogP contribution in [-0.4, -0.2) is 31.8 Å². The summed E-state index contributed by atoms with van der Waals surface area (Å²) in [5, 5.41) is 7.26. The molecule has 140 valence electrons. The molecule has 0 bridgehead atoms. The molecule has 7 nitrogen and oxygen atoms in total. The highest BCUT2D eigenvalue weighted by molar-refractivity contribution is 5.75. The lowest BCUT2D eigenvalue weighted by Gasteiger charge is -2.13. The highest BCUT2D eigenvalue weighted by Crippen LogP contribution is 2.09. The van der Waals surface area contributed by atoms with Crippen LogP contribution in [0.5, 0.6) is 0 Å². The molecule has 0 saturated carbocycles. The fourth-order valence-corrected chi connectivity index (χ4v) is 2.94. The zero-order valence-electron chi connectivity index (χ0n) is 15.8. The maximum atomic E-state index is 12.5. The van der Waals surface area contributed by atoms with Crippen LogP contribution in [0, 0.1) is 20.8 Å². The van der Waals surface area contributed by atoms with Gasteiger partial charge in [-0.3, -0.25) is 14.2 Å². The predicted octanol–water partition coefficient (Wildman–Crippen LogP) is 1.71. The van der Waals surface area contributed by atoms with Crippen LogP contribution < -0.4 is 10.9 Å². The molecule has 7 heteroatoms. The Hall–Kier alpha value is -3.22. The first-order chi connectivity index (χ1) is 12.9. The Morgan fingerprint density at radius 3 is 2.48 bits per heavy atom. The van der Waals surface area contributed by atoms with Crippen molar-refractivity contribution in [1.82, 2.24) is 24.6 Å².